The summed E-state index contributed by atoms with van der Waals surface area (Å²) in [4.78, 5) is 25.5. The van der Waals surface area contributed by atoms with E-state index in [1.54, 1.807) is 6.07 Å². The van der Waals surface area contributed by atoms with Gasteiger partial charge in [0, 0.05) is 18.7 Å². The highest BCUT2D eigenvalue weighted by Crippen LogP contribution is 2.34. The van der Waals surface area contributed by atoms with Crippen molar-refractivity contribution in [1.82, 2.24) is 0 Å². The van der Waals surface area contributed by atoms with E-state index in [0.717, 1.165) is 12.0 Å². The number of nitrogens with two attached hydrogens (primary N) is 1. The van der Waals surface area contributed by atoms with Crippen molar-refractivity contribution in [2.24, 2.45) is 5.73 Å². The van der Waals surface area contributed by atoms with Crippen LogP contribution in [0.3, 0.4) is 0 Å². The van der Waals surface area contributed by atoms with Crippen LogP contribution in [-0.4, -0.2) is 41.8 Å². The van der Waals surface area contributed by atoms with Crippen LogP contribution in [0, 0.1) is 0 Å². The average molecular weight is 290 g/mol. The molecule has 1 aromatic rings. The van der Waals surface area contributed by atoms with Crippen LogP contribution in [0.2, 0.25) is 0 Å². The number of carbonyl (C=O) groups is 2. The number of aliphatic carboxylic acids is 1. The summed E-state index contributed by atoms with van der Waals surface area (Å²) in [7, 11) is 0. The molecule has 1 amide bonds. The first kappa shape index (κ1) is 14.0. The maximum atomic E-state index is 12.7. The SMILES string of the molecule is NCC1CCC(C(=O)N2c3ccccc3CC2C(=O)O)O1. The van der Waals surface area contributed by atoms with E-state index in [1.165, 1.54) is 4.90 Å². The molecule has 6 nitrogen and oxygen atoms in total. The molecule has 2 aliphatic rings. The number of carbonyl (C=O) groups excluding carboxylic acids is 1. The number of fused-ring (bicyclic) bond motifs is 1. The molecule has 0 bridgehead atoms. The van der Waals surface area contributed by atoms with Gasteiger partial charge >= 0.3 is 5.97 Å². The molecule has 2 aliphatic heterocycles. The van der Waals surface area contributed by atoms with Crippen LogP contribution in [0.4, 0.5) is 5.69 Å². The number of hydrogen-bond acceptors (Lipinski definition) is 4. The molecule has 0 saturated carbocycles. The number of para-hydroxylation sites is 1. The third-order valence-electron chi connectivity index (χ3n) is 4.14. The lowest BCUT2D eigenvalue weighted by Gasteiger charge is -2.25. The van der Waals surface area contributed by atoms with E-state index in [9.17, 15) is 14.7 Å². The van der Waals surface area contributed by atoms with Gasteiger partial charge in [0.15, 0.2) is 0 Å². The lowest BCUT2D eigenvalue weighted by molar-refractivity contribution is -0.141. The summed E-state index contributed by atoms with van der Waals surface area (Å²) in [5, 5.41) is 9.39. The first-order valence-electron chi connectivity index (χ1n) is 7.11. The second-order valence-corrected chi connectivity index (χ2v) is 5.45. The number of carboxylic acid groups (broad SMARTS) is 1. The molecule has 2 heterocycles. The fraction of sp³-hybridized carbons (Fsp3) is 0.467. The standard InChI is InChI=1S/C15H18N2O4/c16-8-10-5-6-13(21-10)14(18)17-11-4-2-1-3-9(11)7-12(17)15(19)20/h1-4,10,12-13H,5-8,16H2,(H,19,20). The third-order valence-corrected chi connectivity index (χ3v) is 4.14. The minimum absolute atomic E-state index is 0.111. The summed E-state index contributed by atoms with van der Waals surface area (Å²) in [5.74, 6) is -1.27. The Morgan fingerprint density at radius 3 is 2.76 bits per heavy atom. The summed E-state index contributed by atoms with van der Waals surface area (Å²) in [6.45, 7) is 0.378. The molecule has 0 radical (unpaired) electrons. The molecule has 1 aromatic carbocycles. The molecular weight excluding hydrogens is 272 g/mol. The van der Waals surface area contributed by atoms with Gasteiger partial charge in [0.1, 0.15) is 12.1 Å². The molecule has 3 unspecified atom stereocenters. The lowest BCUT2D eigenvalue weighted by atomic mass is 10.1. The number of amides is 1. The van der Waals surface area contributed by atoms with Crippen LogP contribution in [0.15, 0.2) is 24.3 Å². The Morgan fingerprint density at radius 1 is 1.33 bits per heavy atom. The molecule has 0 aliphatic carbocycles. The topological polar surface area (TPSA) is 92.9 Å². The van der Waals surface area contributed by atoms with Gasteiger partial charge in [-0.1, -0.05) is 18.2 Å². The largest absolute Gasteiger partial charge is 0.480 e. The predicted octanol–water partition coefficient (Wildman–Crippen LogP) is 0.535. The number of benzene rings is 1. The molecule has 0 aromatic heterocycles. The van der Waals surface area contributed by atoms with Gasteiger partial charge in [-0.25, -0.2) is 4.79 Å². The van der Waals surface area contributed by atoms with Crippen molar-refractivity contribution in [3.63, 3.8) is 0 Å². The fourth-order valence-corrected chi connectivity index (χ4v) is 3.07. The zero-order valence-corrected chi connectivity index (χ0v) is 11.6. The Balaban J connectivity index is 1.87. The quantitative estimate of drug-likeness (QED) is 0.847. The molecule has 3 atom stereocenters. The Labute approximate surface area is 122 Å². The number of anilines is 1. The summed E-state index contributed by atoms with van der Waals surface area (Å²) in [5.41, 5.74) is 7.11. The zero-order valence-electron chi connectivity index (χ0n) is 11.6. The summed E-state index contributed by atoms with van der Waals surface area (Å²) >= 11 is 0. The van der Waals surface area contributed by atoms with Crippen LogP contribution in [0.25, 0.3) is 0 Å². The average Bonchev–Trinajstić information content (AvgIpc) is 3.11. The van der Waals surface area contributed by atoms with Crippen LogP contribution in [0.5, 0.6) is 0 Å². The van der Waals surface area contributed by atoms with E-state index >= 15 is 0 Å². The molecule has 3 rings (SSSR count). The third kappa shape index (κ3) is 2.41. The van der Waals surface area contributed by atoms with Crippen molar-refractivity contribution in [2.45, 2.75) is 37.5 Å². The number of rotatable bonds is 3. The number of hydrogen-bond donors (Lipinski definition) is 2. The zero-order chi connectivity index (χ0) is 15.0. The summed E-state index contributed by atoms with van der Waals surface area (Å²) in [6, 6.07) is 6.45. The van der Waals surface area contributed by atoms with Crippen molar-refractivity contribution < 1.29 is 19.4 Å². The van der Waals surface area contributed by atoms with Gasteiger partial charge in [-0.15, -0.1) is 0 Å². The van der Waals surface area contributed by atoms with Gasteiger partial charge in [0.2, 0.25) is 0 Å². The first-order chi connectivity index (χ1) is 10.1. The van der Waals surface area contributed by atoms with Crippen molar-refractivity contribution in [3.05, 3.63) is 29.8 Å². The Hall–Kier alpha value is -1.92. The molecule has 1 fully saturated rings. The summed E-state index contributed by atoms with van der Waals surface area (Å²) in [6.07, 6.45) is 0.961. The maximum absolute atomic E-state index is 12.7. The van der Waals surface area contributed by atoms with E-state index in [1.807, 2.05) is 18.2 Å². The highest BCUT2D eigenvalue weighted by Gasteiger charge is 2.42. The first-order valence-corrected chi connectivity index (χ1v) is 7.11. The molecule has 1 saturated heterocycles. The molecule has 0 spiro atoms. The van der Waals surface area contributed by atoms with Gasteiger partial charge < -0.3 is 15.6 Å². The highest BCUT2D eigenvalue weighted by atomic mass is 16.5. The van der Waals surface area contributed by atoms with Crippen LogP contribution in [-0.2, 0) is 20.7 Å². The summed E-state index contributed by atoms with van der Waals surface area (Å²) < 4.78 is 5.62. The maximum Gasteiger partial charge on any atom is 0.327 e. The second-order valence-electron chi connectivity index (χ2n) is 5.45. The van der Waals surface area contributed by atoms with Crippen molar-refractivity contribution >= 4 is 17.6 Å². The van der Waals surface area contributed by atoms with Gasteiger partial charge in [-0.3, -0.25) is 9.69 Å². The number of nitrogens with zero attached hydrogens (tertiary/aromatic N) is 1. The predicted molar refractivity (Wildman–Crippen MR) is 76.0 cm³/mol. The van der Waals surface area contributed by atoms with E-state index in [2.05, 4.69) is 0 Å². The van der Waals surface area contributed by atoms with Gasteiger partial charge in [-0.05, 0) is 24.5 Å². The van der Waals surface area contributed by atoms with Gasteiger partial charge in [0.05, 0.1) is 6.10 Å². The van der Waals surface area contributed by atoms with Gasteiger partial charge in [0.25, 0.3) is 5.91 Å². The van der Waals surface area contributed by atoms with Crippen LogP contribution < -0.4 is 10.6 Å². The molecular formula is C15H18N2O4. The molecule has 3 N–H and O–H groups in total. The minimum atomic E-state index is -0.993. The van der Waals surface area contributed by atoms with E-state index < -0.39 is 18.1 Å². The minimum Gasteiger partial charge on any atom is -0.480 e. The Kier molecular flexibility index (Phi) is 3.65. The van der Waals surface area contributed by atoms with E-state index in [-0.39, 0.29) is 12.0 Å². The second kappa shape index (κ2) is 5.46. The smallest absolute Gasteiger partial charge is 0.327 e. The van der Waals surface area contributed by atoms with Crippen LogP contribution >= 0.6 is 0 Å². The fourth-order valence-electron chi connectivity index (χ4n) is 3.07. The lowest BCUT2D eigenvalue weighted by Crippen LogP contribution is -2.47. The van der Waals surface area contributed by atoms with E-state index in [0.29, 0.717) is 25.1 Å². The molecule has 6 heteroatoms. The monoisotopic (exact) mass is 290 g/mol. The van der Waals surface area contributed by atoms with Gasteiger partial charge in [-0.2, -0.15) is 0 Å². The highest BCUT2D eigenvalue weighted by molar-refractivity contribution is 6.04. The van der Waals surface area contributed by atoms with Crippen molar-refractivity contribution in [1.29, 1.82) is 0 Å². The van der Waals surface area contributed by atoms with E-state index in [4.69, 9.17) is 10.5 Å². The Morgan fingerprint density at radius 2 is 2.10 bits per heavy atom. The van der Waals surface area contributed by atoms with Crippen LogP contribution in [0.1, 0.15) is 18.4 Å². The Bertz CT molecular complexity index is 575. The number of carboxylic acids is 1. The number of ether oxygens (including phenoxy) is 1. The molecule has 112 valence electrons. The van der Waals surface area contributed by atoms with Crippen molar-refractivity contribution in [3.8, 4) is 0 Å². The normalized spacial score (nSPS) is 27.7. The molecule has 21 heavy (non-hydrogen) atoms. The van der Waals surface area contributed by atoms with Crippen molar-refractivity contribution in [2.75, 3.05) is 11.4 Å².